The number of hydrogen-bond acceptors (Lipinski definition) is 1. The highest BCUT2D eigenvalue weighted by Crippen LogP contribution is 2.15. The molecule has 0 radical (unpaired) electrons. The molecule has 0 saturated heterocycles. The molecule has 0 aliphatic carbocycles. The molecule has 10 heavy (non-hydrogen) atoms. The maximum absolute atomic E-state index is 2.29. The standard InChI is InChI=1S/C9H20S/c1-4-7-10-8-9(5-2)6-3/h9H,4-8H2,1-3H3. The molecule has 62 valence electrons. The summed E-state index contributed by atoms with van der Waals surface area (Å²) in [5.41, 5.74) is 0. The third-order valence-corrected chi connectivity index (χ3v) is 3.26. The van der Waals surface area contributed by atoms with E-state index in [1.807, 2.05) is 0 Å². The van der Waals surface area contributed by atoms with Gasteiger partial charge in [-0.3, -0.25) is 0 Å². The van der Waals surface area contributed by atoms with Crippen molar-refractivity contribution in [3.05, 3.63) is 0 Å². The van der Waals surface area contributed by atoms with Crippen molar-refractivity contribution in [3.8, 4) is 0 Å². The van der Waals surface area contributed by atoms with Gasteiger partial charge >= 0.3 is 0 Å². The minimum atomic E-state index is 0.969. The van der Waals surface area contributed by atoms with Crippen LogP contribution in [0.5, 0.6) is 0 Å². The summed E-state index contributed by atoms with van der Waals surface area (Å²) in [6.45, 7) is 6.83. The SMILES string of the molecule is CCCSCC(CC)CC. The summed E-state index contributed by atoms with van der Waals surface area (Å²) in [6.07, 6.45) is 4.03. The van der Waals surface area contributed by atoms with Gasteiger partial charge in [0.1, 0.15) is 0 Å². The molecule has 0 aliphatic heterocycles. The molecule has 1 heteroatoms. The average Bonchev–Trinajstić information content (AvgIpc) is 1.99. The maximum atomic E-state index is 2.29. The molecule has 0 atom stereocenters. The highest BCUT2D eigenvalue weighted by Gasteiger charge is 2.01. The largest absolute Gasteiger partial charge is 0.162 e. The van der Waals surface area contributed by atoms with Crippen LogP contribution < -0.4 is 0 Å². The lowest BCUT2D eigenvalue weighted by Gasteiger charge is -2.10. The minimum Gasteiger partial charge on any atom is -0.162 e. The van der Waals surface area contributed by atoms with Crippen LogP contribution in [-0.4, -0.2) is 11.5 Å². The van der Waals surface area contributed by atoms with Crippen molar-refractivity contribution in [2.24, 2.45) is 5.92 Å². The van der Waals surface area contributed by atoms with Crippen LogP contribution >= 0.6 is 11.8 Å². The highest BCUT2D eigenvalue weighted by atomic mass is 32.2. The fraction of sp³-hybridized carbons (Fsp3) is 1.00. The molecule has 0 aliphatic rings. The molecule has 0 nitrogen and oxygen atoms in total. The van der Waals surface area contributed by atoms with Gasteiger partial charge in [-0.15, -0.1) is 0 Å². The minimum absolute atomic E-state index is 0.969. The van der Waals surface area contributed by atoms with Gasteiger partial charge in [0.05, 0.1) is 0 Å². The third-order valence-electron chi connectivity index (χ3n) is 1.86. The van der Waals surface area contributed by atoms with Gasteiger partial charge in [-0.1, -0.05) is 33.6 Å². The van der Waals surface area contributed by atoms with Crippen LogP contribution in [-0.2, 0) is 0 Å². The Hall–Kier alpha value is 0.350. The third kappa shape index (κ3) is 5.16. The van der Waals surface area contributed by atoms with Crippen LogP contribution in [0.1, 0.15) is 40.0 Å². The van der Waals surface area contributed by atoms with E-state index in [1.165, 1.54) is 30.8 Å². The molecular formula is C9H20S. The van der Waals surface area contributed by atoms with Gasteiger partial charge < -0.3 is 0 Å². The monoisotopic (exact) mass is 160 g/mol. The van der Waals surface area contributed by atoms with Crippen molar-refractivity contribution in [1.29, 1.82) is 0 Å². The second kappa shape index (κ2) is 7.46. The Labute approximate surface area is 69.8 Å². The van der Waals surface area contributed by atoms with E-state index in [1.54, 1.807) is 0 Å². The molecule has 0 fully saturated rings. The Kier molecular flexibility index (Phi) is 7.72. The number of rotatable bonds is 6. The van der Waals surface area contributed by atoms with Crippen molar-refractivity contribution < 1.29 is 0 Å². The highest BCUT2D eigenvalue weighted by molar-refractivity contribution is 7.99. The molecule has 0 saturated carbocycles. The Bertz CT molecular complexity index is 57.7. The molecular weight excluding hydrogens is 140 g/mol. The topological polar surface area (TPSA) is 0 Å². The van der Waals surface area contributed by atoms with Crippen LogP contribution in [0.15, 0.2) is 0 Å². The first kappa shape index (κ1) is 10.3. The molecule has 0 bridgehead atoms. The normalized spacial score (nSPS) is 10.8. The van der Waals surface area contributed by atoms with Crippen LogP contribution in [0.4, 0.5) is 0 Å². The summed E-state index contributed by atoms with van der Waals surface area (Å²) in [5.74, 6) is 3.69. The lowest BCUT2D eigenvalue weighted by Crippen LogP contribution is -2.00. The van der Waals surface area contributed by atoms with E-state index in [-0.39, 0.29) is 0 Å². The van der Waals surface area contributed by atoms with Crippen molar-refractivity contribution in [2.45, 2.75) is 40.0 Å². The van der Waals surface area contributed by atoms with E-state index in [9.17, 15) is 0 Å². The van der Waals surface area contributed by atoms with Gasteiger partial charge in [-0.2, -0.15) is 11.8 Å². The first-order valence-corrected chi connectivity index (χ1v) is 5.58. The molecule has 0 spiro atoms. The van der Waals surface area contributed by atoms with Crippen LogP contribution in [0.25, 0.3) is 0 Å². The molecule has 0 N–H and O–H groups in total. The molecule has 0 unspecified atom stereocenters. The van der Waals surface area contributed by atoms with Gasteiger partial charge in [0, 0.05) is 0 Å². The molecule has 0 heterocycles. The van der Waals surface area contributed by atoms with Crippen molar-refractivity contribution >= 4 is 11.8 Å². The Balaban J connectivity index is 3.09. The molecule has 0 amide bonds. The fourth-order valence-electron chi connectivity index (χ4n) is 0.919. The Morgan fingerprint density at radius 1 is 1.10 bits per heavy atom. The number of hydrogen-bond donors (Lipinski definition) is 0. The summed E-state index contributed by atoms with van der Waals surface area (Å²) in [7, 11) is 0. The van der Waals surface area contributed by atoms with Crippen LogP contribution in [0, 0.1) is 5.92 Å². The second-order valence-electron chi connectivity index (χ2n) is 2.76. The van der Waals surface area contributed by atoms with Gasteiger partial charge in [0.25, 0.3) is 0 Å². The second-order valence-corrected chi connectivity index (χ2v) is 3.91. The van der Waals surface area contributed by atoms with Crippen molar-refractivity contribution in [3.63, 3.8) is 0 Å². The summed E-state index contributed by atoms with van der Waals surface area (Å²) in [4.78, 5) is 0. The molecule has 0 aromatic heterocycles. The van der Waals surface area contributed by atoms with E-state index in [4.69, 9.17) is 0 Å². The lowest BCUT2D eigenvalue weighted by molar-refractivity contribution is 0.554. The smallest absolute Gasteiger partial charge is 0.00393 e. The van der Waals surface area contributed by atoms with Gasteiger partial charge in [-0.05, 0) is 23.8 Å². The summed E-state index contributed by atoms with van der Waals surface area (Å²) >= 11 is 2.11. The predicted molar refractivity (Wildman–Crippen MR) is 51.7 cm³/mol. The quantitative estimate of drug-likeness (QED) is 0.535. The Morgan fingerprint density at radius 3 is 2.10 bits per heavy atom. The molecule has 0 rings (SSSR count). The van der Waals surface area contributed by atoms with E-state index in [2.05, 4.69) is 32.5 Å². The van der Waals surface area contributed by atoms with Crippen molar-refractivity contribution in [2.75, 3.05) is 11.5 Å². The fourth-order valence-corrected chi connectivity index (χ4v) is 2.18. The van der Waals surface area contributed by atoms with Crippen LogP contribution in [0.2, 0.25) is 0 Å². The van der Waals surface area contributed by atoms with Gasteiger partial charge in [0.2, 0.25) is 0 Å². The van der Waals surface area contributed by atoms with Gasteiger partial charge in [-0.25, -0.2) is 0 Å². The average molecular weight is 160 g/mol. The lowest BCUT2D eigenvalue weighted by atomic mass is 10.1. The molecule has 0 aromatic carbocycles. The van der Waals surface area contributed by atoms with Gasteiger partial charge in [0.15, 0.2) is 0 Å². The number of thioether (sulfide) groups is 1. The zero-order valence-corrected chi connectivity index (χ0v) is 8.34. The van der Waals surface area contributed by atoms with E-state index >= 15 is 0 Å². The zero-order valence-electron chi connectivity index (χ0n) is 7.52. The first-order valence-electron chi connectivity index (χ1n) is 4.42. The maximum Gasteiger partial charge on any atom is -0.00393 e. The summed E-state index contributed by atoms with van der Waals surface area (Å²) in [5, 5.41) is 0. The first-order chi connectivity index (χ1) is 4.85. The molecule has 0 aromatic rings. The van der Waals surface area contributed by atoms with E-state index in [0.717, 1.165) is 5.92 Å². The summed E-state index contributed by atoms with van der Waals surface area (Å²) in [6, 6.07) is 0. The Morgan fingerprint density at radius 2 is 1.70 bits per heavy atom. The predicted octanol–water partition coefficient (Wildman–Crippen LogP) is 3.57. The van der Waals surface area contributed by atoms with Crippen LogP contribution in [0.3, 0.4) is 0 Å². The van der Waals surface area contributed by atoms with E-state index in [0.29, 0.717) is 0 Å². The van der Waals surface area contributed by atoms with Crippen molar-refractivity contribution in [1.82, 2.24) is 0 Å². The van der Waals surface area contributed by atoms with E-state index < -0.39 is 0 Å². The zero-order chi connectivity index (χ0) is 7.82. The summed E-state index contributed by atoms with van der Waals surface area (Å²) < 4.78 is 0.